The largest absolute Gasteiger partial charge is 0.464 e. The van der Waals surface area contributed by atoms with E-state index in [-0.39, 0.29) is 18.1 Å². The molecule has 1 atom stereocenters. The number of carbonyl (C=O) groups is 1. The van der Waals surface area contributed by atoms with E-state index < -0.39 is 16.9 Å². The standard InChI is InChI=1S/C16H17N3O4/c1-2-23-16(20)13(11-12-7-4-3-5-8-12)18-15-14(19(21)22)9-6-10-17-15/h3-10,13H,2,11H2,1H3,(H,17,18)/t13-/m0/s1. The molecule has 0 saturated carbocycles. The highest BCUT2D eigenvalue weighted by molar-refractivity contribution is 5.80. The van der Waals surface area contributed by atoms with Crippen LogP contribution in [0.15, 0.2) is 48.7 Å². The quantitative estimate of drug-likeness (QED) is 0.479. The van der Waals surface area contributed by atoms with Crippen LogP contribution in [0.5, 0.6) is 0 Å². The molecule has 0 bridgehead atoms. The van der Waals surface area contributed by atoms with Gasteiger partial charge in [0.05, 0.1) is 11.5 Å². The Balaban J connectivity index is 2.24. The molecule has 0 saturated heterocycles. The summed E-state index contributed by atoms with van der Waals surface area (Å²) in [5, 5.41) is 13.9. The second-order valence-electron chi connectivity index (χ2n) is 4.77. The van der Waals surface area contributed by atoms with E-state index in [0.29, 0.717) is 6.42 Å². The zero-order valence-corrected chi connectivity index (χ0v) is 12.6. The van der Waals surface area contributed by atoms with Crippen LogP contribution in [0, 0.1) is 10.1 Å². The lowest BCUT2D eigenvalue weighted by molar-refractivity contribution is -0.384. The number of carbonyl (C=O) groups excluding carboxylic acids is 1. The summed E-state index contributed by atoms with van der Waals surface area (Å²) in [6.45, 7) is 1.94. The van der Waals surface area contributed by atoms with E-state index in [0.717, 1.165) is 5.56 Å². The monoisotopic (exact) mass is 315 g/mol. The van der Waals surface area contributed by atoms with Gasteiger partial charge in [0.15, 0.2) is 0 Å². The van der Waals surface area contributed by atoms with Crippen molar-refractivity contribution in [2.24, 2.45) is 0 Å². The Kier molecular flexibility index (Phi) is 5.62. The number of anilines is 1. The van der Waals surface area contributed by atoms with Gasteiger partial charge in [-0.2, -0.15) is 0 Å². The SMILES string of the molecule is CCOC(=O)[C@H](Cc1ccccc1)Nc1ncccc1[N+](=O)[O-]. The van der Waals surface area contributed by atoms with E-state index in [2.05, 4.69) is 10.3 Å². The predicted molar refractivity (Wildman–Crippen MR) is 85.1 cm³/mol. The molecule has 2 rings (SSSR count). The first kappa shape index (κ1) is 16.4. The number of nitrogens with one attached hydrogen (secondary N) is 1. The molecule has 23 heavy (non-hydrogen) atoms. The molecule has 120 valence electrons. The number of esters is 1. The lowest BCUT2D eigenvalue weighted by Gasteiger charge is -2.17. The molecular weight excluding hydrogens is 298 g/mol. The minimum atomic E-state index is -0.758. The number of aromatic nitrogens is 1. The molecule has 2 aromatic rings. The highest BCUT2D eigenvalue weighted by atomic mass is 16.6. The molecule has 7 nitrogen and oxygen atoms in total. The highest BCUT2D eigenvalue weighted by Gasteiger charge is 2.24. The van der Waals surface area contributed by atoms with Crippen LogP contribution in [0.3, 0.4) is 0 Å². The van der Waals surface area contributed by atoms with Crippen molar-refractivity contribution >= 4 is 17.5 Å². The molecule has 1 N–H and O–H groups in total. The summed E-state index contributed by atoms with van der Waals surface area (Å²) < 4.78 is 5.05. The van der Waals surface area contributed by atoms with Crippen molar-refractivity contribution in [1.82, 2.24) is 4.98 Å². The van der Waals surface area contributed by atoms with Crippen LogP contribution in [0.25, 0.3) is 0 Å². The van der Waals surface area contributed by atoms with Crippen LogP contribution >= 0.6 is 0 Å². The summed E-state index contributed by atoms with van der Waals surface area (Å²) in [5.74, 6) is -0.428. The third-order valence-electron chi connectivity index (χ3n) is 3.15. The average molecular weight is 315 g/mol. The van der Waals surface area contributed by atoms with Crippen molar-refractivity contribution in [3.63, 3.8) is 0 Å². The fourth-order valence-corrected chi connectivity index (χ4v) is 2.11. The van der Waals surface area contributed by atoms with Gasteiger partial charge in [0.1, 0.15) is 6.04 Å². The Hall–Kier alpha value is -2.96. The topological polar surface area (TPSA) is 94.4 Å². The smallest absolute Gasteiger partial charge is 0.328 e. The fraction of sp³-hybridized carbons (Fsp3) is 0.250. The van der Waals surface area contributed by atoms with Gasteiger partial charge in [0.2, 0.25) is 5.82 Å². The number of rotatable bonds is 7. The Labute approximate surface area is 133 Å². The molecule has 0 aliphatic carbocycles. The van der Waals surface area contributed by atoms with Crippen molar-refractivity contribution in [1.29, 1.82) is 0 Å². The number of ether oxygens (including phenoxy) is 1. The Morgan fingerprint density at radius 1 is 1.30 bits per heavy atom. The van der Waals surface area contributed by atoms with Gasteiger partial charge in [0, 0.05) is 18.7 Å². The van der Waals surface area contributed by atoms with Gasteiger partial charge in [-0.05, 0) is 18.6 Å². The molecule has 0 aliphatic heterocycles. The van der Waals surface area contributed by atoms with Gasteiger partial charge < -0.3 is 10.1 Å². The maximum Gasteiger partial charge on any atom is 0.328 e. The van der Waals surface area contributed by atoms with Gasteiger partial charge in [0.25, 0.3) is 0 Å². The van der Waals surface area contributed by atoms with Crippen molar-refractivity contribution in [2.75, 3.05) is 11.9 Å². The first-order valence-corrected chi connectivity index (χ1v) is 7.18. The second kappa shape index (κ2) is 7.88. The average Bonchev–Trinajstić information content (AvgIpc) is 2.55. The van der Waals surface area contributed by atoms with Gasteiger partial charge in [-0.1, -0.05) is 30.3 Å². The number of hydrogen-bond acceptors (Lipinski definition) is 6. The zero-order chi connectivity index (χ0) is 16.7. The lowest BCUT2D eigenvalue weighted by Crippen LogP contribution is -2.34. The third kappa shape index (κ3) is 4.50. The maximum atomic E-state index is 12.2. The van der Waals surface area contributed by atoms with Gasteiger partial charge in [-0.15, -0.1) is 0 Å². The minimum absolute atomic E-state index is 0.0477. The molecule has 1 aromatic carbocycles. The van der Waals surface area contributed by atoms with Crippen LogP contribution < -0.4 is 5.32 Å². The fourth-order valence-electron chi connectivity index (χ4n) is 2.11. The summed E-state index contributed by atoms with van der Waals surface area (Å²) in [6.07, 6.45) is 1.77. The predicted octanol–water partition coefficient (Wildman–Crippen LogP) is 2.58. The summed E-state index contributed by atoms with van der Waals surface area (Å²) in [6, 6.07) is 11.4. The lowest BCUT2D eigenvalue weighted by atomic mass is 10.1. The van der Waals surface area contributed by atoms with Gasteiger partial charge in [-0.3, -0.25) is 10.1 Å². The Morgan fingerprint density at radius 3 is 2.70 bits per heavy atom. The highest BCUT2D eigenvalue weighted by Crippen LogP contribution is 2.22. The van der Waals surface area contributed by atoms with Gasteiger partial charge in [-0.25, -0.2) is 9.78 Å². The zero-order valence-electron chi connectivity index (χ0n) is 12.6. The Morgan fingerprint density at radius 2 is 2.04 bits per heavy atom. The first-order valence-electron chi connectivity index (χ1n) is 7.18. The number of hydrogen-bond donors (Lipinski definition) is 1. The molecule has 7 heteroatoms. The molecule has 0 aliphatic rings. The number of pyridine rings is 1. The van der Waals surface area contributed by atoms with Crippen molar-refractivity contribution in [3.05, 3.63) is 64.3 Å². The second-order valence-corrected chi connectivity index (χ2v) is 4.77. The summed E-state index contributed by atoms with van der Waals surface area (Å²) >= 11 is 0. The number of nitro groups is 1. The molecule has 1 heterocycles. The van der Waals surface area contributed by atoms with Crippen LogP contribution in [0.1, 0.15) is 12.5 Å². The van der Waals surface area contributed by atoms with E-state index in [1.807, 2.05) is 30.3 Å². The van der Waals surface area contributed by atoms with E-state index in [1.54, 1.807) is 6.92 Å². The van der Waals surface area contributed by atoms with E-state index in [9.17, 15) is 14.9 Å². The third-order valence-corrected chi connectivity index (χ3v) is 3.15. The maximum absolute atomic E-state index is 12.2. The summed E-state index contributed by atoms with van der Waals surface area (Å²) in [5.41, 5.74) is 0.728. The van der Waals surface area contributed by atoms with Crippen molar-refractivity contribution in [3.8, 4) is 0 Å². The van der Waals surface area contributed by atoms with Crippen LogP contribution in [-0.4, -0.2) is 28.5 Å². The summed E-state index contributed by atoms with van der Waals surface area (Å²) in [4.78, 5) is 26.6. The molecule has 0 unspecified atom stereocenters. The van der Waals surface area contributed by atoms with Crippen LogP contribution in [0.2, 0.25) is 0 Å². The van der Waals surface area contributed by atoms with E-state index in [4.69, 9.17) is 4.74 Å². The summed E-state index contributed by atoms with van der Waals surface area (Å²) in [7, 11) is 0. The molecule has 0 fully saturated rings. The molecular formula is C16H17N3O4. The van der Waals surface area contributed by atoms with Crippen molar-refractivity contribution < 1.29 is 14.5 Å². The van der Waals surface area contributed by atoms with Crippen molar-refractivity contribution in [2.45, 2.75) is 19.4 Å². The molecule has 0 amide bonds. The molecule has 1 aromatic heterocycles. The van der Waals surface area contributed by atoms with E-state index >= 15 is 0 Å². The van der Waals surface area contributed by atoms with E-state index in [1.165, 1.54) is 18.3 Å². The van der Waals surface area contributed by atoms with Crippen LogP contribution in [0.4, 0.5) is 11.5 Å². The first-order chi connectivity index (χ1) is 11.1. The van der Waals surface area contributed by atoms with Crippen LogP contribution in [-0.2, 0) is 16.0 Å². The molecule has 0 radical (unpaired) electrons. The Bertz CT molecular complexity index is 676. The molecule has 0 spiro atoms. The number of nitrogens with zero attached hydrogens (tertiary/aromatic N) is 2. The van der Waals surface area contributed by atoms with Gasteiger partial charge >= 0.3 is 11.7 Å². The minimum Gasteiger partial charge on any atom is -0.464 e. The number of benzene rings is 1. The normalized spacial score (nSPS) is 11.5.